The summed E-state index contributed by atoms with van der Waals surface area (Å²) in [5, 5.41) is 10.1. The maximum Gasteiger partial charge on any atom is 0.344 e. The number of ether oxygens (including phenoxy) is 2. The maximum absolute atomic E-state index is 12.0. The number of hydrogen-bond donors (Lipinski definition) is 0. The van der Waals surface area contributed by atoms with Gasteiger partial charge in [-0.25, -0.2) is 4.79 Å². The Morgan fingerprint density at radius 1 is 1.07 bits per heavy atom. The number of esters is 1. The third kappa shape index (κ3) is 4.09. The molecule has 4 aromatic rings. The third-order valence-electron chi connectivity index (χ3n) is 4.27. The lowest BCUT2D eigenvalue weighted by atomic mass is 10.1. The molecule has 4 rings (SSSR count). The minimum absolute atomic E-state index is 0.146. The second-order valence-corrected chi connectivity index (χ2v) is 6.78. The van der Waals surface area contributed by atoms with Crippen molar-refractivity contribution in [1.82, 2.24) is 10.2 Å². The topological polar surface area (TPSA) is 87.6 Å². The van der Waals surface area contributed by atoms with Gasteiger partial charge in [0, 0.05) is 15.8 Å². The summed E-state index contributed by atoms with van der Waals surface area (Å²) in [4.78, 5) is 12.0. The van der Waals surface area contributed by atoms with Crippen molar-refractivity contribution in [3.8, 4) is 17.2 Å². The molecular weight excluding hydrogens is 396 g/mol. The van der Waals surface area contributed by atoms with Crippen LogP contribution in [-0.2, 0) is 16.1 Å². The summed E-state index contributed by atoms with van der Waals surface area (Å²) in [6, 6.07) is 12.8. The summed E-state index contributed by atoms with van der Waals surface area (Å²) < 4.78 is 21.7. The molecule has 2 aromatic heterocycles. The van der Waals surface area contributed by atoms with Crippen LogP contribution in [0.4, 0.5) is 0 Å². The smallest absolute Gasteiger partial charge is 0.344 e. The Bertz CT molecular complexity index is 1180. The first-order valence-electron chi connectivity index (χ1n) is 8.86. The summed E-state index contributed by atoms with van der Waals surface area (Å²) in [6.45, 7) is 3.24. The van der Waals surface area contributed by atoms with E-state index in [1.807, 2.05) is 44.2 Å². The molecular formula is C21H17ClN2O5. The summed E-state index contributed by atoms with van der Waals surface area (Å²) in [7, 11) is 0. The minimum Gasteiger partial charge on any atom is -0.481 e. The zero-order valence-corrected chi connectivity index (χ0v) is 16.5. The van der Waals surface area contributed by atoms with Gasteiger partial charge in [-0.1, -0.05) is 35.9 Å². The molecule has 0 spiro atoms. The number of aromatic nitrogens is 2. The Morgan fingerprint density at radius 2 is 1.86 bits per heavy atom. The van der Waals surface area contributed by atoms with Gasteiger partial charge in [-0.3, -0.25) is 0 Å². The van der Waals surface area contributed by atoms with Crippen molar-refractivity contribution in [2.45, 2.75) is 20.5 Å². The number of furan rings is 1. The Hall–Kier alpha value is -3.32. The molecule has 0 bridgehead atoms. The highest BCUT2D eigenvalue weighted by atomic mass is 35.5. The zero-order valence-electron chi connectivity index (χ0n) is 15.8. The van der Waals surface area contributed by atoms with Gasteiger partial charge in [-0.2, -0.15) is 0 Å². The summed E-state index contributed by atoms with van der Waals surface area (Å²) in [6.07, 6.45) is 0. The van der Waals surface area contributed by atoms with Gasteiger partial charge in [-0.15, -0.1) is 10.2 Å². The van der Waals surface area contributed by atoms with E-state index >= 15 is 0 Å². The number of carbonyl (C=O) groups is 1. The Kier molecular flexibility index (Phi) is 5.22. The lowest BCUT2D eigenvalue weighted by Crippen LogP contribution is -2.15. The molecule has 0 N–H and O–H groups in total. The van der Waals surface area contributed by atoms with Crippen LogP contribution < -0.4 is 4.74 Å². The number of aryl methyl sites for hydroxylation is 2. The van der Waals surface area contributed by atoms with E-state index in [2.05, 4.69) is 10.2 Å². The largest absolute Gasteiger partial charge is 0.481 e. The van der Waals surface area contributed by atoms with Crippen molar-refractivity contribution < 1.29 is 23.1 Å². The highest BCUT2D eigenvalue weighted by molar-refractivity contribution is 6.35. The summed E-state index contributed by atoms with van der Waals surface area (Å²) in [5.74, 6) is 1.92. The first-order chi connectivity index (χ1) is 14.0. The molecule has 0 aliphatic carbocycles. The molecule has 0 atom stereocenters. The van der Waals surface area contributed by atoms with Crippen molar-refractivity contribution in [2.24, 2.45) is 0 Å². The fourth-order valence-corrected chi connectivity index (χ4v) is 3.17. The molecule has 148 valence electrons. The van der Waals surface area contributed by atoms with E-state index in [-0.39, 0.29) is 19.1 Å². The molecule has 0 unspecified atom stereocenters. The Morgan fingerprint density at radius 3 is 2.62 bits per heavy atom. The highest BCUT2D eigenvalue weighted by Gasteiger charge is 2.16. The summed E-state index contributed by atoms with van der Waals surface area (Å²) in [5.41, 5.74) is 0.713. The Labute approximate surface area is 171 Å². The number of fused-ring (bicyclic) bond motifs is 1. The summed E-state index contributed by atoms with van der Waals surface area (Å²) >= 11 is 6.19. The van der Waals surface area contributed by atoms with E-state index in [0.717, 1.165) is 16.5 Å². The van der Waals surface area contributed by atoms with Gasteiger partial charge in [0.25, 0.3) is 11.8 Å². The second kappa shape index (κ2) is 7.97. The van der Waals surface area contributed by atoms with Crippen LogP contribution in [0, 0.1) is 13.8 Å². The predicted molar refractivity (Wildman–Crippen MR) is 106 cm³/mol. The minimum atomic E-state index is -0.556. The molecule has 0 amide bonds. The average molecular weight is 413 g/mol. The average Bonchev–Trinajstić information content (AvgIpc) is 3.31. The van der Waals surface area contributed by atoms with Crippen LogP contribution >= 0.6 is 11.6 Å². The number of benzene rings is 2. The van der Waals surface area contributed by atoms with Crippen LogP contribution in [0.1, 0.15) is 17.4 Å². The molecule has 2 heterocycles. The molecule has 8 heteroatoms. The maximum atomic E-state index is 12.0. The number of rotatable bonds is 6. The zero-order chi connectivity index (χ0) is 20.4. The van der Waals surface area contributed by atoms with Gasteiger partial charge >= 0.3 is 5.97 Å². The molecule has 0 aliphatic heterocycles. The van der Waals surface area contributed by atoms with E-state index in [9.17, 15) is 4.79 Å². The van der Waals surface area contributed by atoms with Crippen LogP contribution in [0.15, 0.2) is 51.3 Å². The molecule has 0 aliphatic rings. The quantitative estimate of drug-likeness (QED) is 0.417. The van der Waals surface area contributed by atoms with Crippen molar-refractivity contribution in [1.29, 1.82) is 0 Å². The number of nitrogens with zero attached hydrogens (tertiary/aromatic N) is 2. The van der Waals surface area contributed by atoms with Crippen molar-refractivity contribution >= 4 is 28.3 Å². The molecule has 7 nitrogen and oxygen atoms in total. The van der Waals surface area contributed by atoms with Crippen LogP contribution in [0.5, 0.6) is 5.75 Å². The van der Waals surface area contributed by atoms with Crippen LogP contribution in [-0.4, -0.2) is 22.8 Å². The number of carbonyl (C=O) groups excluding carboxylic acids is 1. The molecule has 0 fully saturated rings. The highest BCUT2D eigenvalue weighted by Crippen LogP contribution is 2.31. The van der Waals surface area contributed by atoms with Crippen LogP contribution in [0.3, 0.4) is 0 Å². The van der Waals surface area contributed by atoms with Gasteiger partial charge in [-0.05, 0) is 32.0 Å². The van der Waals surface area contributed by atoms with Crippen molar-refractivity contribution in [3.63, 3.8) is 0 Å². The van der Waals surface area contributed by atoms with Gasteiger partial charge in [0.1, 0.15) is 17.3 Å². The standard InChI is InChI=1S/C21H17ClN2O5/c1-12-9-16(13(2)28-12)21-24-23-19(29-21)10-27-20(25)11-26-18-8-7-17(22)14-5-3-4-6-15(14)18/h3-9H,10-11H2,1-2H3. The first kappa shape index (κ1) is 19.0. The monoisotopic (exact) mass is 412 g/mol. The normalized spacial score (nSPS) is 11.0. The number of hydrogen-bond acceptors (Lipinski definition) is 7. The molecule has 2 aromatic carbocycles. The van der Waals surface area contributed by atoms with Crippen LogP contribution in [0.25, 0.3) is 22.2 Å². The fraction of sp³-hybridized carbons (Fsp3) is 0.190. The molecule has 0 radical (unpaired) electrons. The van der Waals surface area contributed by atoms with E-state index in [1.165, 1.54) is 0 Å². The fourth-order valence-electron chi connectivity index (χ4n) is 2.95. The third-order valence-corrected chi connectivity index (χ3v) is 4.60. The van der Waals surface area contributed by atoms with Gasteiger partial charge in [0.2, 0.25) is 0 Å². The second-order valence-electron chi connectivity index (χ2n) is 6.37. The van der Waals surface area contributed by atoms with Crippen LogP contribution in [0.2, 0.25) is 5.02 Å². The Balaban J connectivity index is 1.36. The van der Waals surface area contributed by atoms with Gasteiger partial charge in [0.15, 0.2) is 13.2 Å². The van der Waals surface area contributed by atoms with E-state index in [4.69, 9.17) is 29.9 Å². The lowest BCUT2D eigenvalue weighted by molar-refractivity contribution is -0.148. The van der Waals surface area contributed by atoms with Crippen molar-refractivity contribution in [2.75, 3.05) is 6.61 Å². The van der Waals surface area contributed by atoms with E-state index in [1.54, 1.807) is 12.1 Å². The lowest BCUT2D eigenvalue weighted by Gasteiger charge is -2.09. The predicted octanol–water partition coefficient (Wildman–Crippen LogP) is 4.88. The van der Waals surface area contributed by atoms with Gasteiger partial charge in [0.05, 0.1) is 5.56 Å². The number of halogens is 1. The molecule has 29 heavy (non-hydrogen) atoms. The van der Waals surface area contributed by atoms with E-state index in [0.29, 0.717) is 28.0 Å². The van der Waals surface area contributed by atoms with E-state index < -0.39 is 5.97 Å². The SMILES string of the molecule is Cc1cc(-c2nnc(COC(=O)COc3ccc(Cl)c4ccccc34)o2)c(C)o1. The van der Waals surface area contributed by atoms with Crippen molar-refractivity contribution in [3.05, 3.63) is 64.9 Å². The molecule has 0 saturated heterocycles. The molecule has 0 saturated carbocycles. The first-order valence-corrected chi connectivity index (χ1v) is 9.24. The van der Waals surface area contributed by atoms with Gasteiger partial charge < -0.3 is 18.3 Å².